The van der Waals surface area contributed by atoms with Crippen molar-refractivity contribution in [3.63, 3.8) is 0 Å². The first-order chi connectivity index (χ1) is 12.3. The Morgan fingerprint density at radius 3 is 2.73 bits per heavy atom. The monoisotopic (exact) mass is 367 g/mol. The molecule has 4 rings (SSSR count). The van der Waals surface area contributed by atoms with E-state index in [1.54, 1.807) is 12.3 Å². The maximum absolute atomic E-state index is 12.4. The van der Waals surface area contributed by atoms with Gasteiger partial charge in [-0.05, 0) is 45.0 Å². The third kappa shape index (κ3) is 2.68. The molecule has 26 heavy (non-hydrogen) atoms. The van der Waals surface area contributed by atoms with Gasteiger partial charge in [0.2, 0.25) is 4.96 Å². The number of fused-ring (bicyclic) bond motifs is 3. The predicted molar refractivity (Wildman–Crippen MR) is 101 cm³/mol. The summed E-state index contributed by atoms with van der Waals surface area (Å²) in [7, 11) is 0. The number of hydrogen-bond donors (Lipinski definition) is 1. The van der Waals surface area contributed by atoms with Crippen LogP contribution in [0.1, 0.15) is 31.1 Å². The number of imidazole rings is 1. The van der Waals surface area contributed by atoms with Gasteiger partial charge in [0.15, 0.2) is 5.82 Å². The van der Waals surface area contributed by atoms with Crippen LogP contribution in [-0.2, 0) is 4.74 Å². The summed E-state index contributed by atoms with van der Waals surface area (Å²) in [5.74, 6) is 0.230. The van der Waals surface area contributed by atoms with E-state index >= 15 is 0 Å². The molecule has 0 fully saturated rings. The molecule has 0 aliphatic heterocycles. The Balaban J connectivity index is 1.88. The maximum Gasteiger partial charge on any atom is 0.340 e. The summed E-state index contributed by atoms with van der Waals surface area (Å²) >= 11 is 1.26. The van der Waals surface area contributed by atoms with Crippen molar-refractivity contribution in [2.75, 3.05) is 5.73 Å². The van der Waals surface area contributed by atoms with E-state index in [2.05, 4.69) is 14.3 Å². The second-order valence-corrected chi connectivity index (χ2v) is 7.58. The van der Waals surface area contributed by atoms with Crippen LogP contribution in [0.25, 0.3) is 27.5 Å². The molecular weight excluding hydrogens is 350 g/mol. The topological polar surface area (TPSA) is 95.4 Å². The molecule has 0 bridgehead atoms. The number of carbonyl (C=O) groups is 1. The van der Waals surface area contributed by atoms with E-state index in [-0.39, 0.29) is 0 Å². The highest BCUT2D eigenvalue weighted by molar-refractivity contribution is 7.11. The molecule has 8 heteroatoms. The molecule has 132 valence electrons. The predicted octanol–water partition coefficient (Wildman–Crippen LogP) is 3.54. The number of rotatable bonds is 2. The van der Waals surface area contributed by atoms with Crippen LogP contribution in [0.5, 0.6) is 0 Å². The van der Waals surface area contributed by atoms with Crippen molar-refractivity contribution in [1.82, 2.24) is 18.7 Å². The van der Waals surface area contributed by atoms with Gasteiger partial charge >= 0.3 is 5.97 Å². The van der Waals surface area contributed by atoms with Crippen molar-refractivity contribution in [2.45, 2.75) is 26.4 Å². The van der Waals surface area contributed by atoms with Crippen LogP contribution in [0.4, 0.5) is 5.69 Å². The summed E-state index contributed by atoms with van der Waals surface area (Å²) in [6.07, 6.45) is 1.72. The average molecular weight is 367 g/mol. The number of nitrogens with two attached hydrogens (primary N) is 1. The summed E-state index contributed by atoms with van der Waals surface area (Å²) < 4.78 is 11.8. The number of nitrogens with zero attached hydrogens (tertiary/aromatic N) is 4. The Kier molecular flexibility index (Phi) is 3.66. The second-order valence-electron chi connectivity index (χ2n) is 6.85. The van der Waals surface area contributed by atoms with E-state index in [9.17, 15) is 4.79 Å². The lowest BCUT2D eigenvalue weighted by atomic mass is 10.1. The van der Waals surface area contributed by atoms with Gasteiger partial charge < -0.3 is 10.5 Å². The number of benzene rings is 1. The van der Waals surface area contributed by atoms with Crippen LogP contribution < -0.4 is 5.73 Å². The summed E-state index contributed by atoms with van der Waals surface area (Å²) in [5.41, 5.74) is 8.34. The number of aromatic nitrogens is 4. The molecular formula is C18H17N5O2S. The van der Waals surface area contributed by atoms with Crippen molar-refractivity contribution in [3.05, 3.63) is 42.1 Å². The summed E-state index contributed by atoms with van der Waals surface area (Å²) in [5, 5.41) is 0. The molecule has 2 N–H and O–H groups in total. The van der Waals surface area contributed by atoms with Crippen molar-refractivity contribution in [2.24, 2.45) is 0 Å². The quantitative estimate of drug-likeness (QED) is 0.430. The highest BCUT2D eigenvalue weighted by atomic mass is 32.1. The number of nitrogen functional groups attached to an aromatic ring is 1. The minimum Gasteiger partial charge on any atom is -0.456 e. The summed E-state index contributed by atoms with van der Waals surface area (Å²) in [4.78, 5) is 22.0. The minimum absolute atomic E-state index is 0.305. The van der Waals surface area contributed by atoms with Crippen LogP contribution in [0.3, 0.4) is 0 Å². The van der Waals surface area contributed by atoms with Gasteiger partial charge in [-0.1, -0.05) is 6.07 Å². The number of ether oxygens (including phenoxy) is 1. The fraction of sp³-hybridized carbons (Fsp3) is 0.222. The first-order valence-corrected chi connectivity index (χ1v) is 8.83. The van der Waals surface area contributed by atoms with Gasteiger partial charge in [0.05, 0.1) is 16.8 Å². The van der Waals surface area contributed by atoms with Crippen molar-refractivity contribution in [3.8, 4) is 11.5 Å². The fourth-order valence-electron chi connectivity index (χ4n) is 2.70. The van der Waals surface area contributed by atoms with E-state index in [1.165, 1.54) is 11.5 Å². The van der Waals surface area contributed by atoms with Gasteiger partial charge in [-0.25, -0.2) is 9.78 Å². The van der Waals surface area contributed by atoms with Crippen LogP contribution in [0, 0.1) is 0 Å². The molecule has 0 saturated heterocycles. The lowest BCUT2D eigenvalue weighted by molar-refractivity contribution is 0.00709. The molecule has 0 saturated carbocycles. The minimum atomic E-state index is -0.594. The number of esters is 1. The van der Waals surface area contributed by atoms with E-state index in [0.717, 1.165) is 11.2 Å². The molecule has 0 atom stereocenters. The first kappa shape index (κ1) is 16.5. The fourth-order valence-corrected chi connectivity index (χ4v) is 3.44. The zero-order chi connectivity index (χ0) is 18.5. The summed E-state index contributed by atoms with van der Waals surface area (Å²) in [6, 6.07) is 9.12. The van der Waals surface area contributed by atoms with Crippen molar-refractivity contribution >= 4 is 39.2 Å². The molecule has 0 radical (unpaired) electrons. The van der Waals surface area contributed by atoms with Gasteiger partial charge in [-0.3, -0.25) is 9.38 Å². The van der Waals surface area contributed by atoms with Crippen molar-refractivity contribution in [1.29, 1.82) is 0 Å². The van der Waals surface area contributed by atoms with E-state index in [1.807, 2.05) is 49.4 Å². The maximum atomic E-state index is 12.4. The first-order valence-electron chi connectivity index (χ1n) is 8.06. The SMILES string of the molecule is CC(C)(C)OC(=O)c1ccc2c(nc3snc(-c4ccccn4)n32)c1N. The largest absolute Gasteiger partial charge is 0.456 e. The Morgan fingerprint density at radius 2 is 2.04 bits per heavy atom. The molecule has 4 aromatic rings. The van der Waals surface area contributed by atoms with E-state index in [4.69, 9.17) is 10.5 Å². The Bertz CT molecular complexity index is 1130. The van der Waals surface area contributed by atoms with Gasteiger partial charge in [0.25, 0.3) is 0 Å². The Labute approximate surface area is 153 Å². The highest BCUT2D eigenvalue weighted by Gasteiger charge is 2.23. The van der Waals surface area contributed by atoms with Gasteiger partial charge in [0, 0.05) is 17.7 Å². The Morgan fingerprint density at radius 1 is 1.23 bits per heavy atom. The molecule has 7 nitrogen and oxygen atoms in total. The zero-order valence-electron chi connectivity index (χ0n) is 14.6. The molecule has 1 aromatic carbocycles. The molecule has 0 aliphatic rings. The molecule has 0 amide bonds. The van der Waals surface area contributed by atoms with Crippen LogP contribution >= 0.6 is 11.5 Å². The van der Waals surface area contributed by atoms with Crippen LogP contribution in [0.15, 0.2) is 36.5 Å². The smallest absolute Gasteiger partial charge is 0.340 e. The number of hydrogen-bond acceptors (Lipinski definition) is 7. The number of anilines is 1. The number of pyridine rings is 1. The lowest BCUT2D eigenvalue weighted by Crippen LogP contribution is -2.24. The molecule has 0 aliphatic carbocycles. The molecule has 0 unspecified atom stereocenters. The summed E-state index contributed by atoms with van der Waals surface area (Å²) in [6.45, 7) is 5.45. The highest BCUT2D eigenvalue weighted by Crippen LogP contribution is 2.31. The Hall–Kier alpha value is -3.00. The lowest BCUT2D eigenvalue weighted by Gasteiger charge is -2.20. The van der Waals surface area contributed by atoms with Crippen LogP contribution in [-0.4, -0.2) is 30.3 Å². The van der Waals surface area contributed by atoms with E-state index < -0.39 is 11.6 Å². The zero-order valence-corrected chi connectivity index (χ0v) is 15.4. The van der Waals surface area contributed by atoms with Gasteiger partial charge in [-0.15, -0.1) is 0 Å². The molecule has 3 aromatic heterocycles. The molecule has 0 spiro atoms. The van der Waals surface area contributed by atoms with Crippen molar-refractivity contribution < 1.29 is 9.53 Å². The third-order valence-corrected chi connectivity index (χ3v) is 4.48. The normalized spacial score (nSPS) is 12.0. The standard InChI is InChI=1S/C18H17N5O2S/c1-18(2,3)25-16(24)10-7-8-12-14(13(10)19)21-17-23(12)15(22-26-17)11-6-4-5-9-20-11/h4-9H,19H2,1-3H3. The molecule has 3 heterocycles. The van der Waals surface area contributed by atoms with Gasteiger partial charge in [-0.2, -0.15) is 4.37 Å². The third-order valence-electron chi connectivity index (χ3n) is 3.77. The average Bonchev–Trinajstić information content (AvgIpc) is 3.14. The van der Waals surface area contributed by atoms with Crippen LogP contribution in [0.2, 0.25) is 0 Å². The van der Waals surface area contributed by atoms with Gasteiger partial charge in [0.1, 0.15) is 16.8 Å². The second kappa shape index (κ2) is 5.77. The number of carbonyl (C=O) groups excluding carboxylic acids is 1. The van der Waals surface area contributed by atoms with E-state index in [0.29, 0.717) is 27.6 Å².